The molecule has 2 aromatic rings. The number of anilines is 1. The molecular formula is C19H19FN2O2S. The molecule has 4 rings (SSSR count). The smallest absolute Gasteiger partial charge is 0.228 e. The molecule has 2 saturated heterocycles. The number of thiophene rings is 1. The molecule has 2 fully saturated rings. The molecule has 3 heterocycles. The molecule has 0 aliphatic carbocycles. The summed E-state index contributed by atoms with van der Waals surface area (Å²) in [4.78, 5) is 29.9. The third kappa shape index (κ3) is 2.95. The van der Waals surface area contributed by atoms with Crippen LogP contribution in [0.2, 0.25) is 0 Å². The fourth-order valence-electron chi connectivity index (χ4n) is 3.82. The number of nitrogens with zero attached hydrogens (tertiary/aromatic N) is 2. The van der Waals surface area contributed by atoms with Gasteiger partial charge in [0.25, 0.3) is 0 Å². The quantitative estimate of drug-likeness (QED) is 0.841. The van der Waals surface area contributed by atoms with E-state index in [2.05, 4.69) is 6.07 Å². The van der Waals surface area contributed by atoms with E-state index in [4.69, 9.17) is 0 Å². The lowest BCUT2D eigenvalue weighted by atomic mass is 10.1. The van der Waals surface area contributed by atoms with Gasteiger partial charge in [-0.15, -0.1) is 11.3 Å². The average Bonchev–Trinajstić information content (AvgIpc) is 3.35. The van der Waals surface area contributed by atoms with Crippen molar-refractivity contribution in [2.24, 2.45) is 5.92 Å². The largest absolute Gasteiger partial charge is 0.335 e. The molecule has 130 valence electrons. The summed E-state index contributed by atoms with van der Waals surface area (Å²) in [6.07, 6.45) is 2.09. The number of benzene rings is 1. The first-order valence-corrected chi connectivity index (χ1v) is 9.42. The first-order chi connectivity index (χ1) is 12.1. The van der Waals surface area contributed by atoms with Gasteiger partial charge < -0.3 is 9.80 Å². The SMILES string of the molecule is O=C1C[C@H](C(=O)N2CCC[C@@H]2c2cccs2)CN1c1ccccc1F. The number of carbonyl (C=O) groups excluding carboxylic acids is 2. The molecule has 0 spiro atoms. The lowest BCUT2D eigenvalue weighted by Gasteiger charge is -2.26. The minimum Gasteiger partial charge on any atom is -0.335 e. The molecule has 0 bridgehead atoms. The molecule has 2 amide bonds. The van der Waals surface area contributed by atoms with Crippen molar-refractivity contribution in [1.82, 2.24) is 4.90 Å². The molecule has 2 atom stereocenters. The Labute approximate surface area is 149 Å². The number of amides is 2. The van der Waals surface area contributed by atoms with Crippen molar-refractivity contribution in [1.29, 1.82) is 0 Å². The molecule has 2 aliphatic heterocycles. The normalized spacial score (nSPS) is 23.5. The number of hydrogen-bond donors (Lipinski definition) is 0. The van der Waals surface area contributed by atoms with Crippen LogP contribution in [0, 0.1) is 11.7 Å². The van der Waals surface area contributed by atoms with Gasteiger partial charge in [-0.1, -0.05) is 18.2 Å². The maximum absolute atomic E-state index is 14.0. The van der Waals surface area contributed by atoms with Gasteiger partial charge in [0.15, 0.2) is 0 Å². The third-order valence-corrected chi connectivity index (χ3v) is 6.00. The lowest BCUT2D eigenvalue weighted by Crippen LogP contribution is -2.37. The van der Waals surface area contributed by atoms with Crippen LogP contribution in [0.25, 0.3) is 0 Å². The van der Waals surface area contributed by atoms with E-state index in [1.165, 1.54) is 15.8 Å². The fourth-order valence-corrected chi connectivity index (χ4v) is 4.69. The van der Waals surface area contributed by atoms with Crippen LogP contribution in [-0.4, -0.2) is 29.8 Å². The van der Waals surface area contributed by atoms with Crippen LogP contribution in [-0.2, 0) is 9.59 Å². The lowest BCUT2D eigenvalue weighted by molar-refractivity contribution is -0.136. The Morgan fingerprint density at radius 2 is 2.04 bits per heavy atom. The van der Waals surface area contributed by atoms with Gasteiger partial charge in [-0.2, -0.15) is 0 Å². The van der Waals surface area contributed by atoms with Gasteiger partial charge in [0, 0.05) is 24.4 Å². The summed E-state index contributed by atoms with van der Waals surface area (Å²) in [5.41, 5.74) is 0.263. The van der Waals surface area contributed by atoms with E-state index < -0.39 is 11.7 Å². The van der Waals surface area contributed by atoms with Crippen molar-refractivity contribution in [3.05, 3.63) is 52.5 Å². The van der Waals surface area contributed by atoms with Crippen LogP contribution >= 0.6 is 11.3 Å². The summed E-state index contributed by atoms with van der Waals surface area (Å²) in [5, 5.41) is 2.02. The van der Waals surface area contributed by atoms with E-state index >= 15 is 0 Å². The Kier molecular flexibility index (Phi) is 4.29. The second kappa shape index (κ2) is 6.59. The standard InChI is InChI=1S/C19H19FN2O2S/c20-14-5-1-2-6-15(14)22-12-13(11-18(22)23)19(24)21-9-3-7-16(21)17-8-4-10-25-17/h1-2,4-6,8,10,13,16H,3,7,9,11-12H2/t13-,16+/m0/s1. The van der Waals surface area contributed by atoms with Crippen LogP contribution < -0.4 is 4.90 Å². The maximum Gasteiger partial charge on any atom is 0.228 e. The summed E-state index contributed by atoms with van der Waals surface area (Å²) in [7, 11) is 0. The first-order valence-electron chi connectivity index (χ1n) is 8.54. The highest BCUT2D eigenvalue weighted by Gasteiger charge is 2.41. The second-order valence-electron chi connectivity index (χ2n) is 6.56. The Bertz CT molecular complexity index is 792. The monoisotopic (exact) mass is 358 g/mol. The van der Waals surface area contributed by atoms with Crippen LogP contribution in [0.3, 0.4) is 0 Å². The van der Waals surface area contributed by atoms with Crippen LogP contribution in [0.4, 0.5) is 10.1 Å². The van der Waals surface area contributed by atoms with Gasteiger partial charge >= 0.3 is 0 Å². The highest BCUT2D eigenvalue weighted by molar-refractivity contribution is 7.10. The molecule has 0 saturated carbocycles. The predicted octanol–water partition coefficient (Wildman–Crippen LogP) is 3.60. The zero-order valence-electron chi connectivity index (χ0n) is 13.7. The number of rotatable bonds is 3. The van der Waals surface area contributed by atoms with Gasteiger partial charge in [-0.05, 0) is 36.4 Å². The zero-order valence-corrected chi connectivity index (χ0v) is 14.5. The fraction of sp³-hybridized carbons (Fsp3) is 0.368. The average molecular weight is 358 g/mol. The number of carbonyl (C=O) groups is 2. The van der Waals surface area contributed by atoms with Gasteiger partial charge in [-0.3, -0.25) is 9.59 Å². The van der Waals surface area contributed by atoms with Crippen molar-refractivity contribution < 1.29 is 14.0 Å². The van der Waals surface area contributed by atoms with E-state index in [1.54, 1.807) is 29.5 Å². The summed E-state index contributed by atoms with van der Waals surface area (Å²) >= 11 is 1.66. The van der Waals surface area contributed by atoms with Crippen LogP contribution in [0.5, 0.6) is 0 Å². The Morgan fingerprint density at radius 1 is 1.20 bits per heavy atom. The molecule has 1 aromatic carbocycles. The molecular weight excluding hydrogens is 339 g/mol. The van der Waals surface area contributed by atoms with Crippen molar-refractivity contribution in [2.75, 3.05) is 18.0 Å². The molecule has 25 heavy (non-hydrogen) atoms. The highest BCUT2D eigenvalue weighted by atomic mass is 32.1. The van der Waals surface area contributed by atoms with Crippen molar-refractivity contribution in [3.63, 3.8) is 0 Å². The van der Waals surface area contributed by atoms with Gasteiger partial charge in [0.2, 0.25) is 11.8 Å². The molecule has 0 unspecified atom stereocenters. The van der Waals surface area contributed by atoms with E-state index in [-0.39, 0.29) is 36.5 Å². The summed E-state index contributed by atoms with van der Waals surface area (Å²) in [6, 6.07) is 10.4. The number of hydrogen-bond acceptors (Lipinski definition) is 3. The molecule has 4 nitrogen and oxygen atoms in total. The van der Waals surface area contributed by atoms with E-state index in [1.807, 2.05) is 16.3 Å². The number of halogens is 1. The van der Waals surface area contributed by atoms with Gasteiger partial charge in [0.05, 0.1) is 17.6 Å². The topological polar surface area (TPSA) is 40.6 Å². The van der Waals surface area contributed by atoms with Crippen molar-refractivity contribution in [2.45, 2.75) is 25.3 Å². The van der Waals surface area contributed by atoms with Crippen LogP contribution in [0.15, 0.2) is 41.8 Å². The predicted molar refractivity (Wildman–Crippen MR) is 94.9 cm³/mol. The Balaban J connectivity index is 1.52. The van der Waals surface area contributed by atoms with E-state index in [0.29, 0.717) is 0 Å². The van der Waals surface area contributed by atoms with E-state index in [0.717, 1.165) is 19.4 Å². The Morgan fingerprint density at radius 3 is 2.80 bits per heavy atom. The van der Waals surface area contributed by atoms with E-state index in [9.17, 15) is 14.0 Å². The summed E-state index contributed by atoms with van der Waals surface area (Å²) < 4.78 is 14.0. The van der Waals surface area contributed by atoms with Crippen LogP contribution in [0.1, 0.15) is 30.2 Å². The van der Waals surface area contributed by atoms with Gasteiger partial charge in [-0.25, -0.2) is 4.39 Å². The van der Waals surface area contributed by atoms with Crippen molar-refractivity contribution in [3.8, 4) is 0 Å². The van der Waals surface area contributed by atoms with Gasteiger partial charge in [0.1, 0.15) is 5.82 Å². The third-order valence-electron chi connectivity index (χ3n) is 5.03. The number of para-hydroxylation sites is 1. The highest BCUT2D eigenvalue weighted by Crippen LogP contribution is 2.37. The maximum atomic E-state index is 14.0. The summed E-state index contributed by atoms with van der Waals surface area (Å²) in [5.74, 6) is -0.993. The first kappa shape index (κ1) is 16.3. The zero-order chi connectivity index (χ0) is 17.4. The molecule has 0 N–H and O–H groups in total. The minimum atomic E-state index is -0.429. The molecule has 2 aliphatic rings. The summed E-state index contributed by atoms with van der Waals surface area (Å²) in [6.45, 7) is 0.984. The molecule has 1 aromatic heterocycles. The second-order valence-corrected chi connectivity index (χ2v) is 7.54. The molecule has 0 radical (unpaired) electrons. The molecule has 6 heteroatoms. The Hall–Kier alpha value is -2.21. The number of likely N-dealkylation sites (tertiary alicyclic amines) is 1. The van der Waals surface area contributed by atoms with Crippen molar-refractivity contribution >= 4 is 28.8 Å². The minimum absolute atomic E-state index is 0.0167.